The van der Waals surface area contributed by atoms with E-state index in [1.54, 1.807) is 5.57 Å². The van der Waals surface area contributed by atoms with Crippen LogP contribution in [0.1, 0.15) is 44.1 Å². The van der Waals surface area contributed by atoms with E-state index in [1.807, 2.05) is 12.1 Å². The molecule has 1 aromatic carbocycles. The van der Waals surface area contributed by atoms with Gasteiger partial charge in [0, 0.05) is 30.2 Å². The van der Waals surface area contributed by atoms with Crippen LogP contribution < -0.4 is 0 Å². The number of likely N-dealkylation sites (tertiary alicyclic amines) is 1. The Morgan fingerprint density at radius 3 is 2.92 bits per heavy atom. The van der Waals surface area contributed by atoms with Crippen LogP contribution in [0.2, 0.25) is 5.02 Å². The predicted molar refractivity (Wildman–Crippen MR) is 104 cm³/mol. The lowest BCUT2D eigenvalue weighted by Crippen LogP contribution is -2.58. The van der Waals surface area contributed by atoms with Crippen LogP contribution in [0.25, 0.3) is 0 Å². The van der Waals surface area contributed by atoms with Crippen molar-refractivity contribution in [2.75, 3.05) is 19.6 Å². The monoisotopic (exact) mass is 356 g/mol. The van der Waals surface area contributed by atoms with Gasteiger partial charge in [-0.3, -0.25) is 9.80 Å². The first kappa shape index (κ1) is 16.4. The average Bonchev–Trinajstić information content (AvgIpc) is 2.64. The summed E-state index contributed by atoms with van der Waals surface area (Å²) in [4.78, 5) is 5.57. The molecular weight excluding hydrogens is 328 g/mol. The number of rotatable bonds is 2. The van der Waals surface area contributed by atoms with Crippen LogP contribution in [0, 0.1) is 11.8 Å². The van der Waals surface area contributed by atoms with Gasteiger partial charge in [-0.15, -0.1) is 0 Å². The van der Waals surface area contributed by atoms with E-state index < -0.39 is 0 Å². The van der Waals surface area contributed by atoms with Gasteiger partial charge in [0.2, 0.25) is 0 Å². The van der Waals surface area contributed by atoms with Crippen molar-refractivity contribution < 1.29 is 0 Å². The molecule has 5 rings (SSSR count). The predicted octanol–water partition coefficient (Wildman–Crippen LogP) is 4.74. The Hall–Kier alpha value is -0.830. The van der Waals surface area contributed by atoms with Crippen molar-refractivity contribution in [3.63, 3.8) is 0 Å². The van der Waals surface area contributed by atoms with E-state index in [-0.39, 0.29) is 0 Å². The zero-order chi connectivity index (χ0) is 16.8. The molecule has 0 N–H and O–H groups in total. The summed E-state index contributed by atoms with van der Waals surface area (Å²) < 4.78 is 0. The Morgan fingerprint density at radius 2 is 2.00 bits per heavy atom. The lowest BCUT2D eigenvalue weighted by atomic mass is 9.68. The molecule has 25 heavy (non-hydrogen) atoms. The Kier molecular flexibility index (Phi) is 4.39. The van der Waals surface area contributed by atoms with Gasteiger partial charge in [-0.1, -0.05) is 47.9 Å². The summed E-state index contributed by atoms with van der Waals surface area (Å²) in [6.07, 6.45) is 11.0. The van der Waals surface area contributed by atoms with E-state index in [0.29, 0.717) is 6.04 Å². The van der Waals surface area contributed by atoms with E-state index in [0.717, 1.165) is 29.4 Å². The molecule has 3 aliphatic heterocycles. The molecule has 0 aromatic heterocycles. The maximum atomic E-state index is 6.46. The summed E-state index contributed by atoms with van der Waals surface area (Å²) in [5.41, 5.74) is 3.05. The second-order valence-electron chi connectivity index (χ2n) is 8.57. The van der Waals surface area contributed by atoms with Crippen molar-refractivity contribution >= 4 is 11.6 Å². The van der Waals surface area contributed by atoms with Crippen LogP contribution >= 0.6 is 11.6 Å². The molecule has 0 radical (unpaired) electrons. The fourth-order valence-electron chi connectivity index (χ4n) is 6.11. The van der Waals surface area contributed by atoms with E-state index in [2.05, 4.69) is 28.0 Å². The van der Waals surface area contributed by atoms with Crippen molar-refractivity contribution in [1.82, 2.24) is 9.80 Å². The van der Waals surface area contributed by atoms with Gasteiger partial charge in [-0.25, -0.2) is 0 Å². The number of nitrogens with zero attached hydrogens (tertiary/aromatic N) is 2. The zero-order valence-electron chi connectivity index (χ0n) is 15.0. The van der Waals surface area contributed by atoms with Gasteiger partial charge in [0.1, 0.15) is 0 Å². The van der Waals surface area contributed by atoms with Crippen LogP contribution in [-0.2, 0) is 6.54 Å². The van der Waals surface area contributed by atoms with E-state index >= 15 is 0 Å². The summed E-state index contributed by atoms with van der Waals surface area (Å²) in [6.45, 7) is 4.88. The van der Waals surface area contributed by atoms with Crippen molar-refractivity contribution in [3.05, 3.63) is 46.5 Å². The summed E-state index contributed by atoms with van der Waals surface area (Å²) in [6, 6.07) is 9.90. The summed E-state index contributed by atoms with van der Waals surface area (Å²) in [5.74, 6) is 1.65. The zero-order valence-corrected chi connectivity index (χ0v) is 15.8. The highest BCUT2D eigenvalue weighted by atomic mass is 35.5. The minimum absolute atomic E-state index is 0.657. The maximum absolute atomic E-state index is 6.46. The lowest BCUT2D eigenvalue weighted by molar-refractivity contribution is -0.00264. The molecule has 3 fully saturated rings. The minimum Gasteiger partial charge on any atom is -0.299 e. The third-order valence-corrected chi connectivity index (χ3v) is 7.46. The molecule has 0 saturated carbocycles. The number of benzene rings is 1. The molecule has 2 unspecified atom stereocenters. The molecule has 0 spiro atoms. The molecular formula is C22H29ClN2. The SMILES string of the molecule is Clc1ccccc1CN1CCCC2=CC3CC(CN4CCCC[C@H]34)[C@@H]21. The fraction of sp³-hybridized carbons (Fsp3) is 0.636. The van der Waals surface area contributed by atoms with Crippen molar-refractivity contribution in [2.45, 2.75) is 57.2 Å². The number of hydrogen-bond donors (Lipinski definition) is 0. The largest absolute Gasteiger partial charge is 0.299 e. The quantitative estimate of drug-likeness (QED) is 0.706. The lowest BCUT2D eigenvalue weighted by Gasteiger charge is -2.54. The van der Waals surface area contributed by atoms with Crippen LogP contribution in [0.3, 0.4) is 0 Å². The molecule has 2 nitrogen and oxygen atoms in total. The maximum Gasteiger partial charge on any atom is 0.0451 e. The normalized spacial score (nSPS) is 35.6. The Labute approximate surface area is 156 Å². The second kappa shape index (κ2) is 6.72. The second-order valence-corrected chi connectivity index (χ2v) is 8.98. The molecule has 4 atom stereocenters. The topological polar surface area (TPSA) is 6.48 Å². The van der Waals surface area contributed by atoms with Gasteiger partial charge < -0.3 is 0 Å². The third-order valence-electron chi connectivity index (χ3n) is 7.09. The molecule has 2 bridgehead atoms. The van der Waals surface area contributed by atoms with Gasteiger partial charge in [-0.2, -0.15) is 0 Å². The van der Waals surface area contributed by atoms with E-state index in [4.69, 9.17) is 11.6 Å². The van der Waals surface area contributed by atoms with Gasteiger partial charge >= 0.3 is 0 Å². The fourth-order valence-corrected chi connectivity index (χ4v) is 6.30. The van der Waals surface area contributed by atoms with Crippen LogP contribution in [-0.4, -0.2) is 41.5 Å². The number of hydrogen-bond acceptors (Lipinski definition) is 2. The van der Waals surface area contributed by atoms with Crippen LogP contribution in [0.15, 0.2) is 35.9 Å². The first-order valence-electron chi connectivity index (χ1n) is 10.2. The molecule has 1 aromatic rings. The number of halogens is 1. The highest BCUT2D eigenvalue weighted by Crippen LogP contribution is 2.45. The van der Waals surface area contributed by atoms with Crippen molar-refractivity contribution in [2.24, 2.45) is 11.8 Å². The summed E-state index contributed by atoms with van der Waals surface area (Å²) in [5, 5.41) is 0.923. The highest BCUT2D eigenvalue weighted by molar-refractivity contribution is 6.31. The number of piperidine rings is 3. The number of fused-ring (bicyclic) bond motifs is 6. The molecule has 1 aliphatic carbocycles. The van der Waals surface area contributed by atoms with Gasteiger partial charge in [0.15, 0.2) is 0 Å². The Balaban J connectivity index is 1.42. The standard InChI is InChI=1S/C22H29ClN2/c23-20-8-2-1-6-17(20)14-25-11-5-7-16-12-18-13-19(22(16)25)15-24-10-4-3-9-21(18)24/h1-2,6,8,12,18-19,21-22H,3-5,7,9-11,13-15H2/t18?,19?,21-,22-/m1/s1. The smallest absolute Gasteiger partial charge is 0.0451 e. The summed E-state index contributed by atoms with van der Waals surface area (Å²) in [7, 11) is 0. The van der Waals surface area contributed by atoms with Crippen LogP contribution in [0.5, 0.6) is 0 Å². The Morgan fingerprint density at radius 1 is 1.08 bits per heavy atom. The first-order chi connectivity index (χ1) is 12.3. The van der Waals surface area contributed by atoms with E-state index in [1.165, 1.54) is 63.7 Å². The molecule has 0 amide bonds. The molecule has 3 heterocycles. The van der Waals surface area contributed by atoms with Crippen molar-refractivity contribution in [3.8, 4) is 0 Å². The Bertz CT molecular complexity index is 670. The highest BCUT2D eigenvalue weighted by Gasteiger charge is 2.45. The summed E-state index contributed by atoms with van der Waals surface area (Å²) >= 11 is 6.46. The third kappa shape index (κ3) is 2.97. The first-order valence-corrected chi connectivity index (χ1v) is 10.6. The van der Waals surface area contributed by atoms with Gasteiger partial charge in [0.05, 0.1) is 0 Å². The molecule has 3 heteroatoms. The van der Waals surface area contributed by atoms with Crippen molar-refractivity contribution in [1.29, 1.82) is 0 Å². The molecule has 3 saturated heterocycles. The van der Waals surface area contributed by atoms with E-state index in [9.17, 15) is 0 Å². The van der Waals surface area contributed by atoms with Gasteiger partial charge in [-0.05, 0) is 68.7 Å². The van der Waals surface area contributed by atoms with Crippen LogP contribution in [0.4, 0.5) is 0 Å². The molecule has 4 aliphatic rings. The average molecular weight is 357 g/mol. The van der Waals surface area contributed by atoms with Gasteiger partial charge in [0.25, 0.3) is 0 Å². The minimum atomic E-state index is 0.657. The molecule has 134 valence electrons.